The lowest BCUT2D eigenvalue weighted by Crippen LogP contribution is -2.32. The standard InChI is InChI=1S/C17H19N3O2S/c1-2-12-23(21,22)20(15-8-4-3-5-9-15)14-16-13-18-17-10-6-7-11-19(16)17/h3-11,13H,2,12,14H2,1H3. The lowest BCUT2D eigenvalue weighted by Gasteiger charge is -2.24. The van der Waals surface area contributed by atoms with Crippen molar-refractivity contribution in [1.29, 1.82) is 0 Å². The third-order valence-electron chi connectivity index (χ3n) is 3.64. The first kappa shape index (κ1) is 15.6. The maximum atomic E-state index is 12.7. The maximum absolute atomic E-state index is 12.7. The molecular formula is C17H19N3O2S. The SMILES string of the molecule is CCCS(=O)(=O)N(Cc1cnc2ccccn12)c1ccccc1. The Labute approximate surface area is 136 Å². The second-order valence-corrected chi connectivity index (χ2v) is 7.35. The zero-order chi connectivity index (χ0) is 16.3. The molecule has 0 amide bonds. The van der Waals surface area contributed by atoms with Crippen LogP contribution in [0.1, 0.15) is 19.0 Å². The molecule has 0 fully saturated rings. The van der Waals surface area contributed by atoms with Crippen LogP contribution >= 0.6 is 0 Å². The van der Waals surface area contributed by atoms with E-state index in [0.717, 1.165) is 11.3 Å². The largest absolute Gasteiger partial charge is 0.302 e. The van der Waals surface area contributed by atoms with Crippen LogP contribution in [0.3, 0.4) is 0 Å². The van der Waals surface area contributed by atoms with Crippen molar-refractivity contribution in [3.8, 4) is 0 Å². The lowest BCUT2D eigenvalue weighted by atomic mass is 10.3. The summed E-state index contributed by atoms with van der Waals surface area (Å²) in [5.74, 6) is 0.124. The first-order valence-electron chi connectivity index (χ1n) is 7.58. The first-order chi connectivity index (χ1) is 11.1. The maximum Gasteiger partial charge on any atom is 0.235 e. The molecule has 0 unspecified atom stereocenters. The number of fused-ring (bicyclic) bond motifs is 1. The van der Waals surface area contributed by atoms with Gasteiger partial charge in [-0.15, -0.1) is 0 Å². The van der Waals surface area contributed by atoms with E-state index in [4.69, 9.17) is 0 Å². The number of nitrogens with zero attached hydrogens (tertiary/aromatic N) is 3. The average molecular weight is 329 g/mol. The second-order valence-electron chi connectivity index (χ2n) is 5.34. The highest BCUT2D eigenvalue weighted by atomic mass is 32.2. The van der Waals surface area contributed by atoms with Gasteiger partial charge in [-0.25, -0.2) is 13.4 Å². The smallest absolute Gasteiger partial charge is 0.235 e. The Kier molecular flexibility index (Phi) is 4.34. The van der Waals surface area contributed by atoms with Gasteiger partial charge in [0.15, 0.2) is 0 Å². The van der Waals surface area contributed by atoms with Crippen molar-refractivity contribution in [2.45, 2.75) is 19.9 Å². The molecule has 120 valence electrons. The van der Waals surface area contributed by atoms with Crippen LogP contribution in [0, 0.1) is 0 Å². The number of rotatable bonds is 6. The molecule has 0 spiro atoms. The van der Waals surface area contributed by atoms with E-state index < -0.39 is 10.0 Å². The number of sulfonamides is 1. The van der Waals surface area contributed by atoms with Crippen LogP contribution < -0.4 is 4.31 Å². The summed E-state index contributed by atoms with van der Waals surface area (Å²) in [6, 6.07) is 14.9. The third-order valence-corrected chi connectivity index (χ3v) is 5.58. The molecule has 0 N–H and O–H groups in total. The average Bonchev–Trinajstić information content (AvgIpc) is 2.96. The van der Waals surface area contributed by atoms with Gasteiger partial charge < -0.3 is 4.40 Å². The van der Waals surface area contributed by atoms with E-state index in [1.165, 1.54) is 4.31 Å². The van der Waals surface area contributed by atoms with Crippen LogP contribution in [0.2, 0.25) is 0 Å². The summed E-state index contributed by atoms with van der Waals surface area (Å²) in [4.78, 5) is 4.33. The number of para-hydroxylation sites is 1. The van der Waals surface area contributed by atoms with E-state index in [9.17, 15) is 8.42 Å². The summed E-state index contributed by atoms with van der Waals surface area (Å²) in [5, 5.41) is 0. The van der Waals surface area contributed by atoms with Gasteiger partial charge in [0.25, 0.3) is 0 Å². The number of hydrogen-bond acceptors (Lipinski definition) is 3. The predicted octanol–water partition coefficient (Wildman–Crippen LogP) is 3.08. The fourth-order valence-corrected chi connectivity index (χ4v) is 4.07. The molecule has 2 heterocycles. The van der Waals surface area contributed by atoms with E-state index in [-0.39, 0.29) is 12.3 Å². The van der Waals surface area contributed by atoms with E-state index in [0.29, 0.717) is 12.1 Å². The van der Waals surface area contributed by atoms with Crippen LogP contribution in [0.15, 0.2) is 60.9 Å². The molecule has 0 bridgehead atoms. The topological polar surface area (TPSA) is 54.7 Å². The highest BCUT2D eigenvalue weighted by molar-refractivity contribution is 7.92. The van der Waals surface area contributed by atoms with Crippen molar-refractivity contribution in [2.75, 3.05) is 10.1 Å². The summed E-state index contributed by atoms with van der Waals surface area (Å²) in [7, 11) is -3.38. The van der Waals surface area contributed by atoms with Gasteiger partial charge in [0.2, 0.25) is 10.0 Å². The van der Waals surface area contributed by atoms with Crippen molar-refractivity contribution in [3.05, 3.63) is 66.6 Å². The molecule has 1 aromatic carbocycles. The molecule has 0 saturated heterocycles. The van der Waals surface area contributed by atoms with Gasteiger partial charge >= 0.3 is 0 Å². The Morgan fingerprint density at radius 1 is 1.09 bits per heavy atom. The Morgan fingerprint density at radius 2 is 1.83 bits per heavy atom. The lowest BCUT2D eigenvalue weighted by molar-refractivity contribution is 0.588. The Balaban J connectivity index is 2.02. The van der Waals surface area contributed by atoms with Gasteiger partial charge in [-0.3, -0.25) is 4.31 Å². The summed E-state index contributed by atoms with van der Waals surface area (Å²) < 4.78 is 28.8. The Hall–Kier alpha value is -2.34. The summed E-state index contributed by atoms with van der Waals surface area (Å²) in [5.41, 5.74) is 2.32. The molecule has 0 saturated carbocycles. The van der Waals surface area contributed by atoms with Crippen molar-refractivity contribution >= 4 is 21.4 Å². The molecule has 5 nitrogen and oxygen atoms in total. The van der Waals surface area contributed by atoms with E-state index in [2.05, 4.69) is 4.98 Å². The quantitative estimate of drug-likeness (QED) is 0.698. The predicted molar refractivity (Wildman–Crippen MR) is 91.9 cm³/mol. The van der Waals surface area contributed by atoms with E-state index in [1.54, 1.807) is 6.20 Å². The number of benzene rings is 1. The van der Waals surface area contributed by atoms with Gasteiger partial charge in [-0.05, 0) is 30.7 Å². The highest BCUT2D eigenvalue weighted by Gasteiger charge is 2.23. The second kappa shape index (κ2) is 6.42. The summed E-state index contributed by atoms with van der Waals surface area (Å²) >= 11 is 0. The molecule has 0 radical (unpaired) electrons. The minimum absolute atomic E-state index is 0.124. The molecule has 0 aliphatic rings. The molecule has 3 rings (SSSR count). The minimum atomic E-state index is -3.38. The van der Waals surface area contributed by atoms with Crippen molar-refractivity contribution in [3.63, 3.8) is 0 Å². The molecule has 0 atom stereocenters. The molecule has 6 heteroatoms. The Morgan fingerprint density at radius 3 is 2.57 bits per heavy atom. The molecule has 2 aromatic heterocycles. The number of anilines is 1. The number of imidazole rings is 1. The van der Waals surface area contributed by atoms with Gasteiger partial charge in [0.1, 0.15) is 5.65 Å². The van der Waals surface area contributed by atoms with Crippen LogP contribution in [-0.4, -0.2) is 23.6 Å². The molecule has 0 aliphatic heterocycles. The van der Waals surface area contributed by atoms with Crippen molar-refractivity contribution < 1.29 is 8.42 Å². The monoisotopic (exact) mass is 329 g/mol. The normalized spacial score (nSPS) is 11.7. The van der Waals surface area contributed by atoms with Gasteiger partial charge in [0.05, 0.1) is 29.9 Å². The van der Waals surface area contributed by atoms with E-state index >= 15 is 0 Å². The highest BCUT2D eigenvalue weighted by Crippen LogP contribution is 2.22. The van der Waals surface area contributed by atoms with E-state index in [1.807, 2.05) is 66.1 Å². The Bertz CT molecular complexity index is 888. The number of hydrogen-bond donors (Lipinski definition) is 0. The molecular weight excluding hydrogens is 310 g/mol. The molecule has 3 aromatic rings. The van der Waals surface area contributed by atoms with Crippen LogP contribution in [0.4, 0.5) is 5.69 Å². The minimum Gasteiger partial charge on any atom is -0.302 e. The zero-order valence-corrected chi connectivity index (χ0v) is 13.8. The van der Waals surface area contributed by atoms with Gasteiger partial charge in [-0.2, -0.15) is 0 Å². The fraction of sp³-hybridized carbons (Fsp3) is 0.235. The summed E-state index contributed by atoms with van der Waals surface area (Å²) in [6.45, 7) is 2.13. The van der Waals surface area contributed by atoms with Gasteiger partial charge in [0, 0.05) is 6.20 Å². The fourth-order valence-electron chi connectivity index (χ4n) is 2.56. The number of pyridine rings is 1. The van der Waals surface area contributed by atoms with Crippen LogP contribution in [0.25, 0.3) is 5.65 Å². The first-order valence-corrected chi connectivity index (χ1v) is 9.19. The van der Waals surface area contributed by atoms with Crippen molar-refractivity contribution in [2.24, 2.45) is 0 Å². The molecule has 23 heavy (non-hydrogen) atoms. The summed E-state index contributed by atoms with van der Waals surface area (Å²) in [6.07, 6.45) is 4.21. The zero-order valence-electron chi connectivity index (χ0n) is 13.0. The van der Waals surface area contributed by atoms with Crippen LogP contribution in [0.5, 0.6) is 0 Å². The van der Waals surface area contributed by atoms with Gasteiger partial charge in [-0.1, -0.05) is 31.2 Å². The van der Waals surface area contributed by atoms with Crippen molar-refractivity contribution in [1.82, 2.24) is 9.38 Å². The molecule has 0 aliphatic carbocycles. The number of aromatic nitrogens is 2. The van der Waals surface area contributed by atoms with Crippen LogP contribution in [-0.2, 0) is 16.6 Å². The third kappa shape index (κ3) is 3.22.